The van der Waals surface area contributed by atoms with Gasteiger partial charge in [0.25, 0.3) is 0 Å². The Morgan fingerprint density at radius 1 is 0.769 bits per heavy atom. The van der Waals surface area contributed by atoms with Crippen LogP contribution in [0, 0.1) is 6.42 Å². The third-order valence-electron chi connectivity index (χ3n) is 7.38. The lowest BCUT2D eigenvalue weighted by Crippen LogP contribution is -2.03. The van der Waals surface area contributed by atoms with E-state index in [1.165, 1.54) is 50.0 Å². The first-order chi connectivity index (χ1) is 19.2. The minimum Gasteiger partial charge on any atom is -0.494 e. The molecule has 6 rings (SSSR count). The van der Waals surface area contributed by atoms with E-state index in [0.29, 0.717) is 6.61 Å². The molecule has 4 aromatic carbocycles. The molecular weight excluding hydrogens is 474 g/mol. The summed E-state index contributed by atoms with van der Waals surface area (Å²) in [5, 5.41) is 1.24. The third kappa shape index (κ3) is 4.53. The molecule has 190 valence electrons. The number of rotatable bonds is 6. The summed E-state index contributed by atoms with van der Waals surface area (Å²) >= 11 is 0. The first-order valence-corrected chi connectivity index (χ1v) is 13.5. The summed E-state index contributed by atoms with van der Waals surface area (Å²) in [6.45, 7) is 4.81. The van der Waals surface area contributed by atoms with Gasteiger partial charge in [0.1, 0.15) is 5.75 Å². The van der Waals surface area contributed by atoms with Crippen LogP contribution >= 0.6 is 0 Å². The largest absolute Gasteiger partial charge is 0.494 e. The Morgan fingerprint density at radius 2 is 1.44 bits per heavy atom. The monoisotopic (exact) mass is 505 g/mol. The maximum atomic E-state index is 5.74. The van der Waals surface area contributed by atoms with Crippen molar-refractivity contribution in [1.82, 2.24) is 4.57 Å². The third-order valence-corrected chi connectivity index (χ3v) is 7.38. The summed E-state index contributed by atoms with van der Waals surface area (Å²) in [6.07, 6.45) is 7.75. The number of nitrogens with zero attached hydrogens (tertiary/aromatic N) is 1. The van der Waals surface area contributed by atoms with Crippen LogP contribution in [0.4, 0.5) is 0 Å². The molecule has 1 aromatic heterocycles. The van der Waals surface area contributed by atoms with Gasteiger partial charge in [-0.15, -0.1) is 0 Å². The molecule has 0 aliphatic heterocycles. The number of hydrogen-bond acceptors (Lipinski definition) is 1. The summed E-state index contributed by atoms with van der Waals surface area (Å²) in [4.78, 5) is 0. The molecule has 39 heavy (non-hydrogen) atoms. The molecule has 0 amide bonds. The van der Waals surface area contributed by atoms with Crippen molar-refractivity contribution in [3.63, 3.8) is 0 Å². The number of ether oxygens (including phenoxy) is 1. The lowest BCUT2D eigenvalue weighted by Gasteiger charge is -2.23. The standard InChI is InChI=1S/C37H31NO/c1-4-39-30-24-22-28(23-25-30)34-26(2)14-13-20-32(34)35(27-15-7-5-8-16-27)36-31-19-11-12-21-33(31)38(3)37(36)29-17-9-6-10-18-29/h5-13,15-25H,4H2,1-3H3. The van der Waals surface area contributed by atoms with Crippen LogP contribution in [0.25, 0.3) is 33.3 Å². The van der Waals surface area contributed by atoms with Gasteiger partial charge >= 0.3 is 0 Å². The van der Waals surface area contributed by atoms with E-state index in [0.717, 1.165) is 16.9 Å². The molecule has 5 aromatic rings. The van der Waals surface area contributed by atoms with Crippen LogP contribution in [-0.4, -0.2) is 11.2 Å². The van der Waals surface area contributed by atoms with Crippen molar-refractivity contribution in [2.24, 2.45) is 7.05 Å². The smallest absolute Gasteiger partial charge is 0.119 e. The second-order valence-corrected chi connectivity index (χ2v) is 9.76. The predicted molar refractivity (Wildman–Crippen MR) is 163 cm³/mol. The van der Waals surface area contributed by atoms with E-state index >= 15 is 0 Å². The first-order valence-electron chi connectivity index (χ1n) is 13.5. The van der Waals surface area contributed by atoms with Gasteiger partial charge in [-0.05, 0) is 65.5 Å². The maximum absolute atomic E-state index is 5.74. The van der Waals surface area contributed by atoms with E-state index in [2.05, 4.69) is 146 Å². The summed E-state index contributed by atoms with van der Waals surface area (Å²) in [5.41, 5.74) is 11.9. The molecule has 1 aliphatic rings. The Kier molecular flexibility index (Phi) is 6.77. The highest BCUT2D eigenvalue weighted by Gasteiger charge is 2.26. The van der Waals surface area contributed by atoms with Gasteiger partial charge in [0.05, 0.1) is 12.3 Å². The minimum atomic E-state index is 0.651. The van der Waals surface area contributed by atoms with Crippen LogP contribution in [0.5, 0.6) is 5.75 Å². The Hall–Kier alpha value is -4.56. The van der Waals surface area contributed by atoms with Crippen LogP contribution in [0.2, 0.25) is 0 Å². The van der Waals surface area contributed by atoms with E-state index in [-0.39, 0.29) is 0 Å². The molecule has 1 aliphatic carbocycles. The average Bonchev–Trinajstić information content (AvgIpc) is 3.27. The van der Waals surface area contributed by atoms with E-state index in [9.17, 15) is 0 Å². The Labute approximate surface area is 231 Å². The van der Waals surface area contributed by atoms with Crippen molar-refractivity contribution in [1.29, 1.82) is 0 Å². The summed E-state index contributed by atoms with van der Waals surface area (Å²) in [5.74, 6) is 0.882. The van der Waals surface area contributed by atoms with E-state index in [4.69, 9.17) is 4.74 Å². The molecule has 0 fully saturated rings. The number of para-hydroxylation sites is 1. The van der Waals surface area contributed by atoms with Gasteiger partial charge in [0.2, 0.25) is 0 Å². The molecule has 0 saturated heterocycles. The number of aryl methyl sites for hydroxylation is 1. The lowest BCUT2D eigenvalue weighted by molar-refractivity contribution is 0.340. The van der Waals surface area contributed by atoms with Crippen molar-refractivity contribution in [3.8, 4) is 17.0 Å². The molecule has 0 atom stereocenters. The topological polar surface area (TPSA) is 14.2 Å². The fourth-order valence-corrected chi connectivity index (χ4v) is 5.69. The van der Waals surface area contributed by atoms with Crippen LogP contribution in [0.1, 0.15) is 30.5 Å². The molecule has 0 N–H and O–H groups in total. The average molecular weight is 506 g/mol. The van der Waals surface area contributed by atoms with Crippen molar-refractivity contribution in [2.75, 3.05) is 6.61 Å². The van der Waals surface area contributed by atoms with Gasteiger partial charge in [-0.2, -0.15) is 0 Å². The summed E-state index contributed by atoms with van der Waals surface area (Å²) in [7, 11) is 2.17. The Bertz CT molecular complexity index is 1720. The molecule has 2 radical (unpaired) electrons. The SMILES string of the molecule is CCOc1ccc(C2=C(C)[C]C=CC2=C(c2ccccc2)c2c(-c3ccccc3)n(C)c3ccccc23)cc1. The summed E-state index contributed by atoms with van der Waals surface area (Å²) in [6, 6.07) is 38.7. The molecule has 0 saturated carbocycles. The quantitative estimate of drug-likeness (QED) is 0.224. The zero-order chi connectivity index (χ0) is 26.8. The second kappa shape index (κ2) is 10.7. The summed E-state index contributed by atoms with van der Waals surface area (Å²) < 4.78 is 8.08. The normalized spacial score (nSPS) is 14.6. The van der Waals surface area contributed by atoms with Crippen molar-refractivity contribution < 1.29 is 4.74 Å². The van der Waals surface area contributed by atoms with E-state index in [1.807, 2.05) is 6.92 Å². The van der Waals surface area contributed by atoms with Crippen LogP contribution in [0.3, 0.4) is 0 Å². The highest BCUT2D eigenvalue weighted by atomic mass is 16.5. The minimum absolute atomic E-state index is 0.651. The fourth-order valence-electron chi connectivity index (χ4n) is 5.69. The molecule has 0 spiro atoms. The molecule has 1 heterocycles. The number of hydrogen-bond donors (Lipinski definition) is 0. The van der Waals surface area contributed by atoms with Crippen LogP contribution in [0.15, 0.2) is 132 Å². The van der Waals surface area contributed by atoms with Gasteiger partial charge in [-0.25, -0.2) is 0 Å². The maximum Gasteiger partial charge on any atom is 0.119 e. The lowest BCUT2D eigenvalue weighted by atomic mass is 9.80. The molecule has 2 heteroatoms. The van der Waals surface area contributed by atoms with Crippen molar-refractivity contribution in [3.05, 3.63) is 156 Å². The predicted octanol–water partition coefficient (Wildman–Crippen LogP) is 9.17. The zero-order valence-corrected chi connectivity index (χ0v) is 22.6. The number of allylic oxidation sites excluding steroid dienone is 5. The highest BCUT2D eigenvalue weighted by molar-refractivity contribution is 6.09. The molecule has 0 bridgehead atoms. The van der Waals surface area contributed by atoms with Crippen molar-refractivity contribution in [2.45, 2.75) is 13.8 Å². The fraction of sp³-hybridized carbons (Fsp3) is 0.108. The number of fused-ring (bicyclic) bond motifs is 1. The van der Waals surface area contributed by atoms with E-state index in [1.54, 1.807) is 0 Å². The zero-order valence-electron chi connectivity index (χ0n) is 22.6. The van der Waals surface area contributed by atoms with Gasteiger partial charge < -0.3 is 9.30 Å². The van der Waals surface area contributed by atoms with Crippen molar-refractivity contribution >= 4 is 22.0 Å². The van der Waals surface area contributed by atoms with Gasteiger partial charge in [-0.3, -0.25) is 0 Å². The van der Waals surface area contributed by atoms with Gasteiger partial charge in [0, 0.05) is 29.9 Å². The Balaban J connectivity index is 1.72. The van der Waals surface area contributed by atoms with E-state index < -0.39 is 0 Å². The van der Waals surface area contributed by atoms with Gasteiger partial charge in [0.15, 0.2) is 0 Å². The number of aromatic nitrogens is 1. The molecule has 2 nitrogen and oxygen atoms in total. The number of benzene rings is 4. The first kappa shape index (κ1) is 24.8. The van der Waals surface area contributed by atoms with Gasteiger partial charge in [-0.1, -0.05) is 109 Å². The second-order valence-electron chi connectivity index (χ2n) is 9.76. The molecular formula is C37H31NO. The highest BCUT2D eigenvalue weighted by Crippen LogP contribution is 2.46. The molecule has 0 unspecified atom stereocenters. The van der Waals surface area contributed by atoms with Crippen LogP contribution in [-0.2, 0) is 7.05 Å². The van der Waals surface area contributed by atoms with Crippen LogP contribution < -0.4 is 4.74 Å². The Morgan fingerprint density at radius 3 is 2.15 bits per heavy atom.